The number of hydrogen-bond donors (Lipinski definition) is 1. The van der Waals surface area contributed by atoms with E-state index in [1.165, 1.54) is 6.42 Å². The molecule has 0 saturated heterocycles. The molecule has 1 radical (unpaired) electrons. The van der Waals surface area contributed by atoms with Crippen molar-refractivity contribution in [1.82, 2.24) is 0 Å². The highest BCUT2D eigenvalue weighted by molar-refractivity contribution is 4.41. The summed E-state index contributed by atoms with van der Waals surface area (Å²) in [7, 11) is 0. The summed E-state index contributed by atoms with van der Waals surface area (Å²) < 4.78 is 4.79. The summed E-state index contributed by atoms with van der Waals surface area (Å²) in [6, 6.07) is 0. The predicted octanol–water partition coefficient (Wildman–Crippen LogP) is 1.35. The molecule has 0 rings (SSSR count). The minimum absolute atomic E-state index is 0.624. The molecular weight excluding hydrogens is 116 g/mol. The average Bonchev–Trinajstić information content (AvgIpc) is 1.80. The van der Waals surface area contributed by atoms with Gasteiger partial charge in [0.05, 0.1) is 0 Å². The number of aliphatic hydroxyl groups excluding tert-OH is 1. The van der Waals surface area contributed by atoms with E-state index in [0.29, 0.717) is 6.61 Å². The van der Waals surface area contributed by atoms with E-state index in [1.54, 1.807) is 0 Å². The summed E-state index contributed by atoms with van der Waals surface area (Å²) in [6.07, 6.45) is 2.51. The van der Waals surface area contributed by atoms with Gasteiger partial charge in [0.2, 0.25) is 0 Å². The van der Waals surface area contributed by atoms with Crippen LogP contribution < -0.4 is 0 Å². The van der Waals surface area contributed by atoms with Gasteiger partial charge in [0.15, 0.2) is 6.29 Å². The lowest BCUT2D eigenvalue weighted by molar-refractivity contribution is -0.0672. The maximum atomic E-state index is 8.52. The third-order valence-corrected chi connectivity index (χ3v) is 1.06. The SMILES string of the molecule is [CH2]C(O)OCCCCC. The van der Waals surface area contributed by atoms with Crippen LogP contribution in [0.3, 0.4) is 0 Å². The van der Waals surface area contributed by atoms with Gasteiger partial charge in [-0.25, -0.2) is 0 Å². The quantitative estimate of drug-likeness (QED) is 0.450. The summed E-state index contributed by atoms with van der Waals surface area (Å²) >= 11 is 0. The average molecular weight is 131 g/mol. The first-order chi connectivity index (χ1) is 4.27. The Hall–Kier alpha value is -0.0800. The molecule has 0 bridgehead atoms. The van der Waals surface area contributed by atoms with Gasteiger partial charge in [-0.3, -0.25) is 0 Å². The summed E-state index contributed by atoms with van der Waals surface area (Å²) in [5.74, 6) is 0. The molecule has 0 aliphatic rings. The molecule has 1 atom stereocenters. The molecule has 0 aromatic rings. The third kappa shape index (κ3) is 7.92. The molecule has 0 heterocycles. The van der Waals surface area contributed by atoms with Crippen LogP contribution in [0.1, 0.15) is 26.2 Å². The molecule has 1 N–H and O–H groups in total. The van der Waals surface area contributed by atoms with Crippen LogP contribution in [0.5, 0.6) is 0 Å². The maximum absolute atomic E-state index is 8.52. The van der Waals surface area contributed by atoms with Crippen molar-refractivity contribution in [1.29, 1.82) is 0 Å². The molecule has 0 saturated carbocycles. The minimum Gasteiger partial charge on any atom is -0.368 e. The van der Waals surface area contributed by atoms with Crippen molar-refractivity contribution in [3.05, 3.63) is 6.92 Å². The lowest BCUT2D eigenvalue weighted by Gasteiger charge is -2.04. The van der Waals surface area contributed by atoms with E-state index >= 15 is 0 Å². The van der Waals surface area contributed by atoms with Gasteiger partial charge in [-0.15, -0.1) is 0 Å². The fraction of sp³-hybridized carbons (Fsp3) is 0.857. The zero-order valence-electron chi connectivity index (χ0n) is 5.97. The van der Waals surface area contributed by atoms with Gasteiger partial charge in [-0.05, 0) is 6.42 Å². The largest absolute Gasteiger partial charge is 0.368 e. The standard InChI is InChI=1S/C7H15O2/c1-3-4-5-6-9-7(2)8/h7-8H,2-6H2,1H3. The van der Waals surface area contributed by atoms with E-state index in [0.717, 1.165) is 12.8 Å². The molecule has 55 valence electrons. The van der Waals surface area contributed by atoms with Gasteiger partial charge in [0.1, 0.15) is 0 Å². The Balaban J connectivity index is 2.75. The zero-order valence-corrected chi connectivity index (χ0v) is 5.97. The fourth-order valence-corrected chi connectivity index (χ4v) is 0.571. The van der Waals surface area contributed by atoms with Crippen molar-refractivity contribution in [2.75, 3.05) is 6.61 Å². The van der Waals surface area contributed by atoms with Gasteiger partial charge >= 0.3 is 0 Å². The van der Waals surface area contributed by atoms with Gasteiger partial charge in [-0.1, -0.05) is 19.8 Å². The first kappa shape index (κ1) is 8.92. The number of hydrogen-bond acceptors (Lipinski definition) is 2. The number of rotatable bonds is 5. The van der Waals surface area contributed by atoms with E-state index in [1.807, 2.05) is 0 Å². The predicted molar refractivity (Wildman–Crippen MR) is 36.8 cm³/mol. The van der Waals surface area contributed by atoms with Crippen molar-refractivity contribution >= 4 is 0 Å². The number of aliphatic hydroxyl groups is 1. The summed E-state index contributed by atoms with van der Waals surface area (Å²) in [5, 5.41) is 8.52. The third-order valence-electron chi connectivity index (χ3n) is 1.06. The lowest BCUT2D eigenvalue weighted by Crippen LogP contribution is -2.07. The molecule has 0 fully saturated rings. The zero-order chi connectivity index (χ0) is 7.11. The lowest BCUT2D eigenvalue weighted by atomic mass is 10.3. The van der Waals surface area contributed by atoms with Crippen LogP contribution in [0.25, 0.3) is 0 Å². The van der Waals surface area contributed by atoms with E-state index in [2.05, 4.69) is 13.8 Å². The Kier molecular flexibility index (Phi) is 5.99. The molecule has 0 aliphatic carbocycles. The van der Waals surface area contributed by atoms with Crippen LogP contribution in [-0.2, 0) is 4.74 Å². The van der Waals surface area contributed by atoms with Crippen molar-refractivity contribution in [2.24, 2.45) is 0 Å². The Morgan fingerprint density at radius 1 is 1.56 bits per heavy atom. The second kappa shape index (κ2) is 6.05. The topological polar surface area (TPSA) is 29.5 Å². The van der Waals surface area contributed by atoms with Gasteiger partial charge in [0, 0.05) is 13.5 Å². The normalized spacial score (nSPS) is 13.7. The molecule has 2 nitrogen and oxygen atoms in total. The van der Waals surface area contributed by atoms with Crippen molar-refractivity contribution in [3.8, 4) is 0 Å². The minimum atomic E-state index is -0.846. The molecule has 1 unspecified atom stereocenters. The Labute approximate surface area is 56.8 Å². The number of ether oxygens (including phenoxy) is 1. The van der Waals surface area contributed by atoms with Crippen molar-refractivity contribution < 1.29 is 9.84 Å². The number of unbranched alkanes of at least 4 members (excludes halogenated alkanes) is 2. The van der Waals surface area contributed by atoms with Crippen LogP contribution in [0.2, 0.25) is 0 Å². The first-order valence-corrected chi connectivity index (χ1v) is 3.40. The highest BCUT2D eigenvalue weighted by atomic mass is 16.6. The summed E-state index contributed by atoms with van der Waals surface area (Å²) in [6.45, 7) is 6.02. The molecule has 0 aromatic heterocycles. The Morgan fingerprint density at radius 3 is 2.67 bits per heavy atom. The van der Waals surface area contributed by atoms with Crippen LogP contribution in [0, 0.1) is 6.92 Å². The van der Waals surface area contributed by atoms with Gasteiger partial charge in [0.25, 0.3) is 0 Å². The van der Waals surface area contributed by atoms with E-state index in [9.17, 15) is 0 Å². The second-order valence-electron chi connectivity index (χ2n) is 2.03. The monoisotopic (exact) mass is 131 g/mol. The Bertz CT molecular complexity index is 52.9. The van der Waals surface area contributed by atoms with Crippen LogP contribution in [0.4, 0.5) is 0 Å². The van der Waals surface area contributed by atoms with E-state index in [4.69, 9.17) is 9.84 Å². The van der Waals surface area contributed by atoms with Gasteiger partial charge in [-0.2, -0.15) is 0 Å². The molecule has 9 heavy (non-hydrogen) atoms. The Morgan fingerprint density at radius 2 is 2.22 bits per heavy atom. The molecule has 0 aliphatic heterocycles. The highest BCUT2D eigenvalue weighted by Gasteiger charge is 1.92. The molecule has 0 amide bonds. The maximum Gasteiger partial charge on any atom is 0.154 e. The molecule has 2 heteroatoms. The van der Waals surface area contributed by atoms with E-state index in [-0.39, 0.29) is 0 Å². The summed E-state index contributed by atoms with van der Waals surface area (Å²) in [5.41, 5.74) is 0. The molecule has 0 aromatic carbocycles. The van der Waals surface area contributed by atoms with Crippen molar-refractivity contribution in [2.45, 2.75) is 32.5 Å². The van der Waals surface area contributed by atoms with Crippen molar-refractivity contribution in [3.63, 3.8) is 0 Å². The van der Waals surface area contributed by atoms with E-state index < -0.39 is 6.29 Å². The molecule has 0 spiro atoms. The fourth-order valence-electron chi connectivity index (χ4n) is 0.571. The summed E-state index contributed by atoms with van der Waals surface area (Å²) in [4.78, 5) is 0. The second-order valence-corrected chi connectivity index (χ2v) is 2.03. The molecular formula is C7H15O2. The van der Waals surface area contributed by atoms with Crippen LogP contribution >= 0.6 is 0 Å². The van der Waals surface area contributed by atoms with Gasteiger partial charge < -0.3 is 9.84 Å². The van der Waals surface area contributed by atoms with Crippen LogP contribution in [0.15, 0.2) is 0 Å². The van der Waals surface area contributed by atoms with Crippen LogP contribution in [-0.4, -0.2) is 18.0 Å². The highest BCUT2D eigenvalue weighted by Crippen LogP contribution is 1.95. The first-order valence-electron chi connectivity index (χ1n) is 3.40. The smallest absolute Gasteiger partial charge is 0.154 e.